The Balaban J connectivity index is 1.61. The van der Waals surface area contributed by atoms with Crippen LogP contribution in [0.1, 0.15) is 32.7 Å². The van der Waals surface area contributed by atoms with E-state index >= 15 is 0 Å². The Kier molecular flexibility index (Phi) is 4.71. The lowest BCUT2D eigenvalue weighted by molar-refractivity contribution is 0.0984. The van der Waals surface area contributed by atoms with E-state index in [1.807, 2.05) is 71.6 Å². The number of benzene rings is 3. The Morgan fingerprint density at radius 2 is 1.48 bits per heavy atom. The van der Waals surface area contributed by atoms with Gasteiger partial charge in [0.15, 0.2) is 0 Å². The van der Waals surface area contributed by atoms with Crippen LogP contribution in [0.2, 0.25) is 0 Å². The molecule has 3 aromatic rings. The van der Waals surface area contributed by atoms with Crippen molar-refractivity contribution in [2.75, 3.05) is 16.8 Å². The molecule has 0 unspecified atom stereocenters. The van der Waals surface area contributed by atoms with Crippen molar-refractivity contribution < 1.29 is 9.59 Å². The van der Waals surface area contributed by atoms with Gasteiger partial charge in [-0.05, 0) is 54.8 Å². The van der Waals surface area contributed by atoms with Crippen molar-refractivity contribution in [2.24, 2.45) is 0 Å². The molecule has 1 aliphatic rings. The molecule has 0 spiro atoms. The molecular formula is C23H20N2O2. The number of nitrogens with zero attached hydrogens (tertiary/aromatic N) is 1. The van der Waals surface area contributed by atoms with Crippen LogP contribution in [0.3, 0.4) is 0 Å². The van der Waals surface area contributed by atoms with Crippen molar-refractivity contribution in [1.82, 2.24) is 0 Å². The van der Waals surface area contributed by atoms with Crippen molar-refractivity contribution in [3.8, 4) is 0 Å². The standard InChI is InChI=1S/C23H20N2O2/c26-22(18-8-3-1-4-9-18)24-20-14-13-17-12-7-15-25(21(17)16-20)23(27)19-10-5-2-6-11-19/h1-6,8-11,13-14,16H,7,12,15H2,(H,24,26). The molecule has 0 saturated heterocycles. The van der Waals surface area contributed by atoms with Crippen LogP contribution in [0.25, 0.3) is 0 Å². The molecule has 1 aliphatic heterocycles. The third-order valence-electron chi connectivity index (χ3n) is 4.76. The van der Waals surface area contributed by atoms with E-state index in [0.717, 1.165) is 24.1 Å². The van der Waals surface area contributed by atoms with Gasteiger partial charge in [-0.1, -0.05) is 42.5 Å². The zero-order chi connectivity index (χ0) is 18.6. The van der Waals surface area contributed by atoms with Gasteiger partial charge in [-0.15, -0.1) is 0 Å². The summed E-state index contributed by atoms with van der Waals surface area (Å²) in [6.07, 6.45) is 1.86. The van der Waals surface area contributed by atoms with E-state index in [4.69, 9.17) is 0 Å². The van der Waals surface area contributed by atoms with Gasteiger partial charge in [0.05, 0.1) is 0 Å². The highest BCUT2D eigenvalue weighted by molar-refractivity contribution is 6.08. The molecule has 0 aromatic heterocycles. The lowest BCUT2D eigenvalue weighted by atomic mass is 10.00. The number of amides is 2. The van der Waals surface area contributed by atoms with E-state index in [2.05, 4.69) is 5.32 Å². The second-order valence-corrected chi connectivity index (χ2v) is 6.59. The summed E-state index contributed by atoms with van der Waals surface area (Å²) in [4.78, 5) is 27.2. The normalized spacial score (nSPS) is 13.0. The van der Waals surface area contributed by atoms with Gasteiger partial charge in [0, 0.05) is 29.0 Å². The highest BCUT2D eigenvalue weighted by Gasteiger charge is 2.24. The van der Waals surface area contributed by atoms with E-state index in [0.29, 0.717) is 23.4 Å². The SMILES string of the molecule is O=C(Nc1ccc2c(c1)N(C(=O)c1ccccc1)CCC2)c1ccccc1. The first-order valence-electron chi connectivity index (χ1n) is 9.08. The predicted octanol–water partition coefficient (Wildman–Crippen LogP) is 4.53. The maximum atomic E-state index is 13.0. The largest absolute Gasteiger partial charge is 0.322 e. The average molecular weight is 356 g/mol. The summed E-state index contributed by atoms with van der Waals surface area (Å²) in [6.45, 7) is 0.677. The summed E-state index contributed by atoms with van der Waals surface area (Å²) in [6, 6.07) is 24.2. The maximum absolute atomic E-state index is 13.0. The van der Waals surface area contributed by atoms with Crippen LogP contribution in [-0.4, -0.2) is 18.4 Å². The van der Waals surface area contributed by atoms with Crippen molar-refractivity contribution in [3.63, 3.8) is 0 Å². The van der Waals surface area contributed by atoms with Gasteiger partial charge in [0.1, 0.15) is 0 Å². The highest BCUT2D eigenvalue weighted by atomic mass is 16.2. The highest BCUT2D eigenvalue weighted by Crippen LogP contribution is 2.31. The van der Waals surface area contributed by atoms with Gasteiger partial charge in [-0.2, -0.15) is 0 Å². The summed E-state index contributed by atoms with van der Waals surface area (Å²) in [5, 5.41) is 2.93. The van der Waals surface area contributed by atoms with Gasteiger partial charge < -0.3 is 10.2 Å². The monoisotopic (exact) mass is 356 g/mol. The quantitative estimate of drug-likeness (QED) is 0.749. The Bertz CT molecular complexity index is 968. The smallest absolute Gasteiger partial charge is 0.258 e. The zero-order valence-corrected chi connectivity index (χ0v) is 14.9. The first-order chi connectivity index (χ1) is 13.2. The Morgan fingerprint density at radius 1 is 0.815 bits per heavy atom. The molecule has 0 bridgehead atoms. The second-order valence-electron chi connectivity index (χ2n) is 6.59. The maximum Gasteiger partial charge on any atom is 0.258 e. The Labute approximate surface area is 158 Å². The number of rotatable bonds is 3. The second kappa shape index (κ2) is 7.46. The molecule has 4 heteroatoms. The number of aryl methyl sites for hydroxylation is 1. The van der Waals surface area contributed by atoms with Crippen LogP contribution in [0.5, 0.6) is 0 Å². The topological polar surface area (TPSA) is 49.4 Å². The van der Waals surface area contributed by atoms with Crippen molar-refractivity contribution in [1.29, 1.82) is 0 Å². The summed E-state index contributed by atoms with van der Waals surface area (Å²) >= 11 is 0. The molecule has 2 amide bonds. The molecule has 1 N–H and O–H groups in total. The number of fused-ring (bicyclic) bond motifs is 1. The zero-order valence-electron chi connectivity index (χ0n) is 14.9. The number of nitrogens with one attached hydrogen (secondary N) is 1. The number of anilines is 2. The molecule has 3 aromatic carbocycles. The number of carbonyl (C=O) groups is 2. The van der Waals surface area contributed by atoms with Crippen LogP contribution in [0, 0.1) is 0 Å². The molecule has 0 saturated carbocycles. The first kappa shape index (κ1) is 17.0. The van der Waals surface area contributed by atoms with E-state index < -0.39 is 0 Å². The molecule has 0 atom stereocenters. The number of hydrogen-bond acceptors (Lipinski definition) is 2. The molecule has 0 aliphatic carbocycles. The minimum Gasteiger partial charge on any atom is -0.322 e. The average Bonchev–Trinajstić information content (AvgIpc) is 2.74. The molecule has 0 fully saturated rings. The van der Waals surface area contributed by atoms with Gasteiger partial charge in [-0.25, -0.2) is 0 Å². The fourth-order valence-electron chi connectivity index (χ4n) is 3.39. The van der Waals surface area contributed by atoms with Crippen LogP contribution >= 0.6 is 0 Å². The predicted molar refractivity (Wildman–Crippen MR) is 107 cm³/mol. The Morgan fingerprint density at radius 3 is 2.19 bits per heavy atom. The number of hydrogen-bond donors (Lipinski definition) is 1. The van der Waals surface area contributed by atoms with Crippen molar-refractivity contribution >= 4 is 23.2 Å². The van der Waals surface area contributed by atoms with Gasteiger partial charge in [0.25, 0.3) is 11.8 Å². The third kappa shape index (κ3) is 3.60. The van der Waals surface area contributed by atoms with Gasteiger partial charge in [0.2, 0.25) is 0 Å². The van der Waals surface area contributed by atoms with Gasteiger partial charge >= 0.3 is 0 Å². The van der Waals surface area contributed by atoms with E-state index in [1.165, 1.54) is 0 Å². The Hall–Kier alpha value is -3.40. The lowest BCUT2D eigenvalue weighted by Crippen LogP contribution is -2.35. The first-order valence-corrected chi connectivity index (χ1v) is 9.08. The summed E-state index contributed by atoms with van der Waals surface area (Å²) in [5.74, 6) is -0.171. The molecule has 4 rings (SSSR count). The van der Waals surface area contributed by atoms with E-state index in [-0.39, 0.29) is 11.8 Å². The summed E-state index contributed by atoms with van der Waals surface area (Å²) < 4.78 is 0. The molecule has 0 radical (unpaired) electrons. The fourth-order valence-corrected chi connectivity index (χ4v) is 3.39. The molecular weight excluding hydrogens is 336 g/mol. The van der Waals surface area contributed by atoms with E-state index in [9.17, 15) is 9.59 Å². The lowest BCUT2D eigenvalue weighted by Gasteiger charge is -2.30. The van der Waals surface area contributed by atoms with Crippen molar-refractivity contribution in [3.05, 3.63) is 95.6 Å². The van der Waals surface area contributed by atoms with E-state index in [1.54, 1.807) is 12.1 Å². The fraction of sp³-hybridized carbons (Fsp3) is 0.130. The third-order valence-corrected chi connectivity index (χ3v) is 4.76. The van der Waals surface area contributed by atoms with Crippen LogP contribution in [0.15, 0.2) is 78.9 Å². The number of carbonyl (C=O) groups excluding carboxylic acids is 2. The van der Waals surface area contributed by atoms with Crippen LogP contribution in [-0.2, 0) is 6.42 Å². The van der Waals surface area contributed by atoms with Gasteiger partial charge in [-0.3, -0.25) is 9.59 Å². The minimum absolute atomic E-state index is 0.0110. The summed E-state index contributed by atoms with van der Waals surface area (Å²) in [5.41, 5.74) is 3.97. The molecule has 4 nitrogen and oxygen atoms in total. The minimum atomic E-state index is -0.160. The molecule has 1 heterocycles. The van der Waals surface area contributed by atoms with Crippen molar-refractivity contribution in [2.45, 2.75) is 12.8 Å². The van der Waals surface area contributed by atoms with Crippen LogP contribution in [0.4, 0.5) is 11.4 Å². The summed E-state index contributed by atoms with van der Waals surface area (Å²) in [7, 11) is 0. The molecule has 27 heavy (non-hydrogen) atoms. The van der Waals surface area contributed by atoms with Crippen LogP contribution < -0.4 is 10.2 Å². The molecule has 134 valence electrons.